The van der Waals surface area contributed by atoms with Crippen molar-refractivity contribution in [3.63, 3.8) is 0 Å². The minimum absolute atomic E-state index is 0.137. The van der Waals surface area contributed by atoms with Crippen molar-refractivity contribution in [3.05, 3.63) is 18.1 Å². The number of sulfone groups is 1. The van der Waals surface area contributed by atoms with Gasteiger partial charge in [-0.3, -0.25) is 0 Å². The molecule has 0 unspecified atom stereocenters. The van der Waals surface area contributed by atoms with Crippen LogP contribution < -0.4 is 0 Å². The molecule has 116 valence electrons. The van der Waals surface area contributed by atoms with Crippen molar-refractivity contribution in [2.45, 2.75) is 30.8 Å². The van der Waals surface area contributed by atoms with E-state index in [1.165, 1.54) is 0 Å². The van der Waals surface area contributed by atoms with Gasteiger partial charge in [-0.15, -0.1) is 0 Å². The van der Waals surface area contributed by atoms with E-state index in [0.717, 1.165) is 12.3 Å². The number of hydrogen-bond acceptors (Lipinski definition) is 5. The van der Waals surface area contributed by atoms with E-state index in [2.05, 4.69) is 9.97 Å². The van der Waals surface area contributed by atoms with Crippen molar-refractivity contribution in [3.8, 4) is 0 Å². The summed E-state index contributed by atoms with van der Waals surface area (Å²) >= 11 is 0. The maximum atomic E-state index is 12.6. The molecular formula is C11H12F3N3O3S. The molecule has 10 heteroatoms. The van der Waals surface area contributed by atoms with Crippen LogP contribution in [-0.4, -0.2) is 34.1 Å². The van der Waals surface area contributed by atoms with Gasteiger partial charge in [-0.2, -0.15) is 17.9 Å². The number of pyridine rings is 1. The fourth-order valence-corrected chi connectivity index (χ4v) is 3.15. The van der Waals surface area contributed by atoms with Gasteiger partial charge in [0.15, 0.2) is 15.5 Å². The lowest BCUT2D eigenvalue weighted by atomic mass is 10.4. The van der Waals surface area contributed by atoms with E-state index in [4.69, 9.17) is 0 Å². The van der Waals surface area contributed by atoms with Gasteiger partial charge in [0.2, 0.25) is 0 Å². The molecule has 6 nitrogen and oxygen atoms in total. The monoisotopic (exact) mass is 323 g/mol. The second kappa shape index (κ2) is 5.17. The first kappa shape index (κ1) is 15.5. The molecule has 2 aromatic rings. The van der Waals surface area contributed by atoms with E-state index < -0.39 is 27.4 Å². The Morgan fingerprint density at radius 1 is 1.38 bits per heavy atom. The van der Waals surface area contributed by atoms with Crippen molar-refractivity contribution in [1.29, 1.82) is 0 Å². The molecule has 2 heterocycles. The number of aromatic nitrogens is 3. The number of nitrogens with zero attached hydrogens (tertiary/aromatic N) is 3. The highest BCUT2D eigenvalue weighted by atomic mass is 32.2. The summed E-state index contributed by atoms with van der Waals surface area (Å²) in [4.78, 5) is 6.49. The molecule has 0 aliphatic rings. The van der Waals surface area contributed by atoms with Crippen LogP contribution in [0.2, 0.25) is 0 Å². The Bertz CT molecular complexity index is 768. The maximum Gasteiger partial charge on any atom is 0.453 e. The molecule has 0 aliphatic heterocycles. The highest BCUT2D eigenvalue weighted by Crippen LogP contribution is 2.30. The van der Waals surface area contributed by atoms with E-state index in [-0.39, 0.29) is 21.0 Å². The van der Waals surface area contributed by atoms with Crippen LogP contribution in [0.4, 0.5) is 13.2 Å². The zero-order valence-corrected chi connectivity index (χ0v) is 11.7. The molecule has 0 radical (unpaired) electrons. The van der Waals surface area contributed by atoms with Crippen molar-refractivity contribution in [1.82, 2.24) is 14.7 Å². The standard InChI is InChI=1S/C11H12F3N3O3S/c1-2-3-4-21(19,20)7-5-8-9(15-6-7)16-10(17(8)18)11(12,13)14/h5-6,18H,2-4H2,1H3. The second-order valence-electron chi connectivity index (χ2n) is 4.43. The van der Waals surface area contributed by atoms with Gasteiger partial charge in [0.25, 0.3) is 5.82 Å². The molecule has 1 N–H and O–H groups in total. The van der Waals surface area contributed by atoms with E-state index >= 15 is 0 Å². The summed E-state index contributed by atoms with van der Waals surface area (Å²) in [5, 5.41) is 9.49. The van der Waals surface area contributed by atoms with Gasteiger partial charge >= 0.3 is 6.18 Å². The average molecular weight is 323 g/mol. The Labute approximate surface area is 118 Å². The Kier molecular flexibility index (Phi) is 3.83. The number of hydrogen-bond donors (Lipinski definition) is 1. The fraction of sp³-hybridized carbons (Fsp3) is 0.455. The molecule has 21 heavy (non-hydrogen) atoms. The van der Waals surface area contributed by atoms with Crippen LogP contribution >= 0.6 is 0 Å². The van der Waals surface area contributed by atoms with Crippen LogP contribution in [0.25, 0.3) is 11.2 Å². The molecule has 0 saturated heterocycles. The average Bonchev–Trinajstić information content (AvgIpc) is 2.73. The highest BCUT2D eigenvalue weighted by Gasteiger charge is 2.38. The fourth-order valence-electron chi connectivity index (χ4n) is 1.74. The van der Waals surface area contributed by atoms with E-state index in [1.54, 1.807) is 0 Å². The summed E-state index contributed by atoms with van der Waals surface area (Å²) in [7, 11) is -3.65. The summed E-state index contributed by atoms with van der Waals surface area (Å²) in [5.74, 6) is -1.68. The van der Waals surface area contributed by atoms with Crippen LogP contribution in [-0.2, 0) is 16.0 Å². The van der Waals surface area contributed by atoms with Crippen LogP contribution in [0, 0.1) is 0 Å². The Morgan fingerprint density at radius 2 is 2.05 bits per heavy atom. The molecule has 0 saturated carbocycles. The first-order valence-electron chi connectivity index (χ1n) is 6.04. The topological polar surface area (TPSA) is 85.1 Å². The highest BCUT2D eigenvalue weighted by molar-refractivity contribution is 7.91. The minimum atomic E-state index is -4.86. The van der Waals surface area contributed by atoms with Crippen molar-refractivity contribution in [2.75, 3.05) is 5.75 Å². The van der Waals surface area contributed by atoms with E-state index in [0.29, 0.717) is 12.8 Å². The molecule has 0 amide bonds. The Balaban J connectivity index is 2.55. The van der Waals surface area contributed by atoms with E-state index in [9.17, 15) is 26.8 Å². The summed E-state index contributed by atoms with van der Waals surface area (Å²) in [5.41, 5.74) is -0.779. The van der Waals surface area contributed by atoms with Gasteiger partial charge in [0, 0.05) is 6.20 Å². The van der Waals surface area contributed by atoms with Gasteiger partial charge in [-0.05, 0) is 12.5 Å². The molecular weight excluding hydrogens is 311 g/mol. The van der Waals surface area contributed by atoms with Crippen molar-refractivity contribution >= 4 is 21.0 Å². The van der Waals surface area contributed by atoms with Crippen LogP contribution in [0.5, 0.6) is 0 Å². The third-order valence-electron chi connectivity index (χ3n) is 2.84. The van der Waals surface area contributed by atoms with Crippen LogP contribution in [0.1, 0.15) is 25.6 Å². The zero-order chi connectivity index (χ0) is 15.8. The number of imidazole rings is 1. The Hall–Kier alpha value is -1.84. The molecule has 0 bridgehead atoms. The number of alkyl halides is 3. The van der Waals surface area contributed by atoms with Crippen molar-refractivity contribution < 1.29 is 26.8 Å². The van der Waals surface area contributed by atoms with Gasteiger partial charge in [0.05, 0.1) is 10.6 Å². The predicted octanol–water partition coefficient (Wildman–Crippen LogP) is 2.26. The minimum Gasteiger partial charge on any atom is -0.426 e. The second-order valence-corrected chi connectivity index (χ2v) is 6.54. The lowest BCUT2D eigenvalue weighted by Crippen LogP contribution is -2.13. The quantitative estimate of drug-likeness (QED) is 0.872. The molecule has 2 rings (SSSR count). The lowest BCUT2D eigenvalue weighted by Gasteiger charge is -2.05. The maximum absolute atomic E-state index is 12.6. The van der Waals surface area contributed by atoms with Crippen LogP contribution in [0.15, 0.2) is 17.2 Å². The summed E-state index contributed by atoms with van der Waals surface area (Å²) in [6, 6.07) is 0.940. The van der Waals surface area contributed by atoms with Gasteiger partial charge in [-0.1, -0.05) is 13.3 Å². The molecule has 0 fully saturated rings. The van der Waals surface area contributed by atoms with Crippen LogP contribution in [0.3, 0.4) is 0 Å². The van der Waals surface area contributed by atoms with Crippen molar-refractivity contribution in [2.24, 2.45) is 0 Å². The normalized spacial score (nSPS) is 13.0. The van der Waals surface area contributed by atoms with Gasteiger partial charge in [0.1, 0.15) is 5.52 Å². The third-order valence-corrected chi connectivity index (χ3v) is 4.61. The predicted molar refractivity (Wildman–Crippen MR) is 66.7 cm³/mol. The van der Waals surface area contributed by atoms with Gasteiger partial charge < -0.3 is 5.21 Å². The molecule has 0 aromatic carbocycles. The number of halogens is 3. The molecule has 0 spiro atoms. The Morgan fingerprint density at radius 3 is 2.62 bits per heavy atom. The summed E-state index contributed by atoms with van der Waals surface area (Å²) in [6.45, 7) is 1.81. The molecule has 0 atom stereocenters. The van der Waals surface area contributed by atoms with E-state index in [1.807, 2.05) is 6.92 Å². The molecule has 0 aliphatic carbocycles. The largest absolute Gasteiger partial charge is 0.453 e. The summed E-state index contributed by atoms with van der Waals surface area (Å²) < 4.78 is 61.6. The third kappa shape index (κ3) is 2.94. The number of unbranched alkanes of at least 4 members (excludes halogenated alkanes) is 1. The smallest absolute Gasteiger partial charge is 0.426 e. The first-order chi connectivity index (χ1) is 9.66. The molecule has 2 aromatic heterocycles. The number of rotatable bonds is 4. The SMILES string of the molecule is CCCCS(=O)(=O)c1cnc2nc(C(F)(F)F)n(O)c2c1. The number of fused-ring (bicyclic) bond motifs is 1. The first-order valence-corrected chi connectivity index (χ1v) is 7.69. The summed E-state index contributed by atoms with van der Waals surface area (Å²) in [6.07, 6.45) is -2.84. The van der Waals surface area contributed by atoms with Gasteiger partial charge in [-0.25, -0.2) is 18.4 Å². The lowest BCUT2D eigenvalue weighted by molar-refractivity contribution is -0.153. The zero-order valence-electron chi connectivity index (χ0n) is 10.9.